The summed E-state index contributed by atoms with van der Waals surface area (Å²) >= 11 is 0. The maximum atomic E-state index is 7.94. The Hall–Kier alpha value is -1.71. The summed E-state index contributed by atoms with van der Waals surface area (Å²) < 4.78 is 1.42. The fourth-order valence-electron chi connectivity index (χ4n) is 0.279. The number of azide groups is 1. The van der Waals surface area contributed by atoms with Crippen molar-refractivity contribution in [1.82, 2.24) is 0 Å². The van der Waals surface area contributed by atoms with Gasteiger partial charge in [-0.1, -0.05) is 0 Å². The molecular formula is C3H6N7+. The first-order chi connectivity index (χ1) is 4.72. The van der Waals surface area contributed by atoms with Crippen molar-refractivity contribution in [1.29, 1.82) is 0 Å². The van der Waals surface area contributed by atoms with Crippen molar-refractivity contribution < 1.29 is 4.58 Å². The standard InChI is InChI=1S/C3H6N7/c1-10(2)3(6-8-4)7-9-5/h1-2H3/q+1. The van der Waals surface area contributed by atoms with E-state index in [2.05, 4.69) is 20.1 Å². The Bertz CT molecular complexity index is 214. The molecule has 0 N–H and O–H groups in total. The lowest BCUT2D eigenvalue weighted by Gasteiger charge is -1.91. The first kappa shape index (κ1) is 8.29. The Morgan fingerprint density at radius 3 is 1.80 bits per heavy atom. The van der Waals surface area contributed by atoms with E-state index in [4.69, 9.17) is 11.1 Å². The molecule has 0 saturated carbocycles. The SMILES string of the molecule is C[N+](C)=C(N=[N+]=[N-])N=[N+]=[N-]. The van der Waals surface area contributed by atoms with Gasteiger partial charge in [0.15, 0.2) is 0 Å². The third-order valence-corrected chi connectivity index (χ3v) is 0.668. The van der Waals surface area contributed by atoms with E-state index >= 15 is 0 Å². The molecule has 0 aromatic heterocycles. The van der Waals surface area contributed by atoms with Crippen LogP contribution in [0.4, 0.5) is 0 Å². The zero-order chi connectivity index (χ0) is 7.98. The minimum absolute atomic E-state index is 0.00463. The molecule has 0 amide bonds. The molecule has 10 heavy (non-hydrogen) atoms. The molecule has 0 aromatic carbocycles. The second-order valence-electron chi connectivity index (χ2n) is 1.57. The molecule has 0 unspecified atom stereocenters. The molecule has 0 spiro atoms. The third kappa shape index (κ3) is 2.56. The highest BCUT2D eigenvalue weighted by Gasteiger charge is 1.90. The Morgan fingerprint density at radius 2 is 1.60 bits per heavy atom. The molecule has 0 atom stereocenters. The van der Waals surface area contributed by atoms with Gasteiger partial charge in [0, 0.05) is 23.9 Å². The van der Waals surface area contributed by atoms with Crippen LogP contribution in [0.5, 0.6) is 0 Å². The van der Waals surface area contributed by atoms with E-state index in [0.717, 1.165) is 0 Å². The topological polar surface area (TPSA) is 101 Å². The number of hydrogen-bond acceptors (Lipinski definition) is 0. The Kier molecular flexibility index (Phi) is 3.48. The van der Waals surface area contributed by atoms with Crippen LogP contribution in [-0.2, 0) is 0 Å². The monoisotopic (exact) mass is 140 g/mol. The van der Waals surface area contributed by atoms with Crippen molar-refractivity contribution in [3.8, 4) is 0 Å². The van der Waals surface area contributed by atoms with Gasteiger partial charge in [0.25, 0.3) is 0 Å². The zero-order valence-corrected chi connectivity index (χ0v) is 5.63. The highest BCUT2D eigenvalue weighted by atomic mass is 15.3. The lowest BCUT2D eigenvalue weighted by molar-refractivity contribution is -0.466. The lowest BCUT2D eigenvalue weighted by atomic mass is 10.9. The van der Waals surface area contributed by atoms with Crippen LogP contribution in [-0.4, -0.2) is 24.6 Å². The molecule has 52 valence electrons. The van der Waals surface area contributed by atoms with Crippen LogP contribution >= 0.6 is 0 Å². The number of hydrogen-bond donors (Lipinski definition) is 0. The number of nitrogens with zero attached hydrogens (tertiary/aromatic N) is 7. The first-order valence-corrected chi connectivity index (χ1v) is 2.37. The zero-order valence-electron chi connectivity index (χ0n) is 5.63. The van der Waals surface area contributed by atoms with Crippen molar-refractivity contribution >= 4 is 5.96 Å². The van der Waals surface area contributed by atoms with Crippen LogP contribution in [0, 0.1) is 0 Å². The highest BCUT2D eigenvalue weighted by Crippen LogP contribution is 1.82. The molecular weight excluding hydrogens is 134 g/mol. The van der Waals surface area contributed by atoms with Gasteiger partial charge in [-0.25, -0.2) is 0 Å². The third-order valence-electron chi connectivity index (χ3n) is 0.668. The summed E-state index contributed by atoms with van der Waals surface area (Å²) in [6.07, 6.45) is 0. The molecule has 0 saturated heterocycles. The van der Waals surface area contributed by atoms with E-state index in [1.54, 1.807) is 14.1 Å². The number of guanidine groups is 1. The largest absolute Gasteiger partial charge is 0.321 e. The van der Waals surface area contributed by atoms with Crippen molar-refractivity contribution in [3.63, 3.8) is 0 Å². The van der Waals surface area contributed by atoms with Gasteiger partial charge < -0.3 is 4.58 Å². The normalized spacial score (nSPS) is 7.00. The predicted octanol–water partition coefficient (Wildman–Crippen LogP) is 1.24. The van der Waals surface area contributed by atoms with Crippen LogP contribution in [0.15, 0.2) is 10.2 Å². The highest BCUT2D eigenvalue weighted by molar-refractivity contribution is 5.76. The van der Waals surface area contributed by atoms with Gasteiger partial charge in [-0.15, -0.1) is 0 Å². The Morgan fingerprint density at radius 1 is 1.20 bits per heavy atom. The minimum atomic E-state index is 0.00463. The average Bonchev–Trinajstić information content (AvgIpc) is 1.87. The second kappa shape index (κ2) is 4.20. The van der Waals surface area contributed by atoms with Crippen molar-refractivity contribution in [2.75, 3.05) is 14.1 Å². The van der Waals surface area contributed by atoms with Gasteiger partial charge >= 0.3 is 0 Å². The van der Waals surface area contributed by atoms with E-state index in [0.29, 0.717) is 0 Å². The van der Waals surface area contributed by atoms with Gasteiger partial charge in [-0.2, -0.15) is 0 Å². The molecule has 0 radical (unpaired) electrons. The molecule has 0 aliphatic carbocycles. The first-order valence-electron chi connectivity index (χ1n) is 2.37. The fraction of sp³-hybridized carbons (Fsp3) is 0.667. The van der Waals surface area contributed by atoms with E-state index in [-0.39, 0.29) is 5.96 Å². The Balaban J connectivity index is 4.76. The maximum Gasteiger partial charge on any atom is 0.219 e. The van der Waals surface area contributed by atoms with Crippen LogP contribution < -0.4 is 0 Å². The summed E-state index contributed by atoms with van der Waals surface area (Å²) in [6.45, 7) is 0. The molecule has 0 aromatic rings. The summed E-state index contributed by atoms with van der Waals surface area (Å²) in [6, 6.07) is 0. The van der Waals surface area contributed by atoms with Crippen LogP contribution in [0.1, 0.15) is 0 Å². The van der Waals surface area contributed by atoms with E-state index in [9.17, 15) is 0 Å². The number of rotatable bonds is 0. The fourth-order valence-corrected chi connectivity index (χ4v) is 0.279. The molecule has 0 fully saturated rings. The second-order valence-corrected chi connectivity index (χ2v) is 1.57. The lowest BCUT2D eigenvalue weighted by Crippen LogP contribution is -2.06. The summed E-state index contributed by atoms with van der Waals surface area (Å²) in [5, 5.41) is 6.23. The molecule has 0 bridgehead atoms. The summed E-state index contributed by atoms with van der Waals surface area (Å²) in [5.74, 6) is 0.00463. The maximum absolute atomic E-state index is 7.94. The van der Waals surface area contributed by atoms with Crippen LogP contribution in [0.25, 0.3) is 20.9 Å². The molecule has 0 aliphatic rings. The van der Waals surface area contributed by atoms with Gasteiger partial charge in [-0.3, -0.25) is 0 Å². The van der Waals surface area contributed by atoms with E-state index in [1.807, 2.05) is 0 Å². The van der Waals surface area contributed by atoms with Gasteiger partial charge in [0.1, 0.15) is 0 Å². The molecule has 0 heterocycles. The van der Waals surface area contributed by atoms with Gasteiger partial charge in [-0.05, 0) is 21.3 Å². The van der Waals surface area contributed by atoms with E-state index in [1.165, 1.54) is 4.58 Å². The van der Waals surface area contributed by atoms with Crippen LogP contribution in [0.3, 0.4) is 0 Å². The van der Waals surface area contributed by atoms with Crippen molar-refractivity contribution in [2.45, 2.75) is 0 Å². The smallest absolute Gasteiger partial charge is 0.219 e. The minimum Gasteiger partial charge on any atom is -0.321 e. The van der Waals surface area contributed by atoms with Gasteiger partial charge in [0.2, 0.25) is 5.96 Å². The molecule has 0 rings (SSSR count). The molecule has 7 heteroatoms. The van der Waals surface area contributed by atoms with Crippen molar-refractivity contribution in [2.24, 2.45) is 10.2 Å². The molecule has 0 aliphatic heterocycles. The quantitative estimate of drug-likeness (QED) is 0.121. The van der Waals surface area contributed by atoms with Crippen molar-refractivity contribution in [3.05, 3.63) is 20.9 Å². The summed E-state index contributed by atoms with van der Waals surface area (Å²) in [5.41, 5.74) is 15.9. The van der Waals surface area contributed by atoms with Crippen LogP contribution in [0.2, 0.25) is 0 Å². The average molecular weight is 140 g/mol. The van der Waals surface area contributed by atoms with Gasteiger partial charge in [0.05, 0.1) is 0 Å². The molecule has 7 nitrogen and oxygen atoms in total. The van der Waals surface area contributed by atoms with E-state index < -0.39 is 0 Å². The summed E-state index contributed by atoms with van der Waals surface area (Å²) in [4.78, 5) is 4.91. The Labute approximate surface area is 56.8 Å². The summed E-state index contributed by atoms with van der Waals surface area (Å²) in [7, 11) is 3.22. The predicted molar refractivity (Wildman–Crippen MR) is 35.4 cm³/mol.